The van der Waals surface area contributed by atoms with Gasteiger partial charge in [-0.15, -0.1) is 0 Å². The molecule has 0 saturated carbocycles. The molecule has 0 saturated heterocycles. The van der Waals surface area contributed by atoms with Crippen LogP contribution in [0.5, 0.6) is 5.75 Å². The first-order valence-electron chi connectivity index (χ1n) is 11.6. The van der Waals surface area contributed by atoms with Crippen molar-refractivity contribution in [3.63, 3.8) is 0 Å². The standard InChI is InChI=1S/C28H33N3O3/c1-34-24-17-15-21(16-18-24)20-31(25(27(30)32)14-8-9-19-29)28(33)26(22-10-4-2-5-11-22)23-12-6-3-7-13-23/h2-7,10-13,15-18,25-26H,8-9,14,19-20,29H2,1H3,(H2,30,32)/t25-/m1/s1. The molecule has 0 aliphatic heterocycles. The van der Waals surface area contributed by atoms with Crippen LogP contribution in [0.15, 0.2) is 84.9 Å². The Labute approximate surface area is 201 Å². The average molecular weight is 460 g/mol. The third-order valence-corrected chi connectivity index (χ3v) is 5.94. The quantitative estimate of drug-likeness (QED) is 0.402. The van der Waals surface area contributed by atoms with Gasteiger partial charge in [0, 0.05) is 6.54 Å². The van der Waals surface area contributed by atoms with Crippen molar-refractivity contribution >= 4 is 11.8 Å². The summed E-state index contributed by atoms with van der Waals surface area (Å²) in [6.45, 7) is 0.782. The van der Waals surface area contributed by atoms with Crippen LogP contribution in [0.2, 0.25) is 0 Å². The van der Waals surface area contributed by atoms with Crippen molar-refractivity contribution in [2.45, 2.75) is 37.8 Å². The van der Waals surface area contributed by atoms with Crippen LogP contribution < -0.4 is 16.2 Å². The molecule has 6 nitrogen and oxygen atoms in total. The van der Waals surface area contributed by atoms with Crippen molar-refractivity contribution in [2.75, 3.05) is 13.7 Å². The maximum Gasteiger partial charge on any atom is 0.240 e. The fraction of sp³-hybridized carbons (Fsp3) is 0.286. The number of unbranched alkanes of at least 4 members (excludes halogenated alkanes) is 1. The number of hydrogen-bond acceptors (Lipinski definition) is 4. The molecule has 0 aromatic heterocycles. The molecule has 4 N–H and O–H groups in total. The molecule has 1 atom stereocenters. The van der Waals surface area contributed by atoms with Gasteiger partial charge in [-0.1, -0.05) is 72.8 Å². The molecule has 6 heteroatoms. The van der Waals surface area contributed by atoms with Gasteiger partial charge in [-0.25, -0.2) is 0 Å². The lowest BCUT2D eigenvalue weighted by molar-refractivity contribution is -0.141. The summed E-state index contributed by atoms with van der Waals surface area (Å²) in [5.41, 5.74) is 14.1. The first kappa shape index (κ1) is 25.0. The van der Waals surface area contributed by atoms with Crippen molar-refractivity contribution in [3.8, 4) is 5.75 Å². The summed E-state index contributed by atoms with van der Waals surface area (Å²) < 4.78 is 5.26. The van der Waals surface area contributed by atoms with Crippen molar-refractivity contribution in [1.29, 1.82) is 0 Å². The molecule has 2 amide bonds. The number of rotatable bonds is 12. The number of amides is 2. The zero-order valence-electron chi connectivity index (χ0n) is 19.6. The highest BCUT2D eigenvalue weighted by atomic mass is 16.5. The summed E-state index contributed by atoms with van der Waals surface area (Å²) >= 11 is 0. The molecule has 3 aromatic rings. The summed E-state index contributed by atoms with van der Waals surface area (Å²) in [6.07, 6.45) is 1.93. The minimum atomic E-state index is -0.740. The summed E-state index contributed by atoms with van der Waals surface area (Å²) in [4.78, 5) is 28.5. The van der Waals surface area contributed by atoms with E-state index in [9.17, 15) is 9.59 Å². The molecule has 178 valence electrons. The Bertz CT molecular complexity index is 1000. The number of nitrogens with zero attached hydrogens (tertiary/aromatic N) is 1. The summed E-state index contributed by atoms with van der Waals surface area (Å²) in [5, 5.41) is 0. The number of methoxy groups -OCH3 is 1. The Balaban J connectivity index is 2.03. The van der Waals surface area contributed by atoms with Crippen LogP contribution in [0, 0.1) is 0 Å². The number of benzene rings is 3. The molecule has 34 heavy (non-hydrogen) atoms. The first-order valence-corrected chi connectivity index (χ1v) is 11.6. The van der Waals surface area contributed by atoms with E-state index in [-0.39, 0.29) is 12.5 Å². The van der Waals surface area contributed by atoms with Crippen LogP contribution in [0.25, 0.3) is 0 Å². The highest BCUT2D eigenvalue weighted by molar-refractivity contribution is 5.92. The number of carbonyl (C=O) groups is 2. The Morgan fingerprint density at radius 2 is 1.41 bits per heavy atom. The van der Waals surface area contributed by atoms with E-state index >= 15 is 0 Å². The summed E-state index contributed by atoms with van der Waals surface area (Å²) in [7, 11) is 1.61. The molecule has 0 bridgehead atoms. The predicted molar refractivity (Wildman–Crippen MR) is 134 cm³/mol. The Morgan fingerprint density at radius 1 is 0.853 bits per heavy atom. The molecule has 0 aliphatic carbocycles. The first-order chi connectivity index (χ1) is 16.5. The lowest BCUT2D eigenvalue weighted by atomic mass is 9.89. The van der Waals surface area contributed by atoms with E-state index in [0.29, 0.717) is 19.4 Å². The van der Waals surface area contributed by atoms with Crippen LogP contribution >= 0.6 is 0 Å². The van der Waals surface area contributed by atoms with E-state index in [1.165, 1.54) is 0 Å². The Morgan fingerprint density at radius 3 is 1.88 bits per heavy atom. The van der Waals surface area contributed by atoms with Gasteiger partial charge in [0.25, 0.3) is 0 Å². The summed E-state index contributed by atoms with van der Waals surface area (Å²) in [6, 6.07) is 26.0. The minimum Gasteiger partial charge on any atom is -0.497 e. The molecule has 0 radical (unpaired) electrons. The van der Waals surface area contributed by atoms with E-state index in [2.05, 4.69) is 0 Å². The van der Waals surface area contributed by atoms with Crippen molar-refractivity contribution in [2.24, 2.45) is 11.5 Å². The molecule has 3 rings (SSSR count). The van der Waals surface area contributed by atoms with Crippen LogP contribution in [0.1, 0.15) is 41.9 Å². The molecular formula is C28H33N3O3. The zero-order chi connectivity index (χ0) is 24.3. The van der Waals surface area contributed by atoms with Gasteiger partial charge in [0.05, 0.1) is 13.0 Å². The van der Waals surface area contributed by atoms with Gasteiger partial charge in [0.1, 0.15) is 11.8 Å². The molecular weight excluding hydrogens is 426 g/mol. The van der Waals surface area contributed by atoms with Gasteiger partial charge in [-0.3, -0.25) is 9.59 Å². The minimum absolute atomic E-state index is 0.162. The van der Waals surface area contributed by atoms with Crippen LogP contribution in [-0.2, 0) is 16.1 Å². The monoisotopic (exact) mass is 459 g/mol. The average Bonchev–Trinajstić information content (AvgIpc) is 2.87. The predicted octanol–water partition coefficient (Wildman–Crippen LogP) is 3.84. The maximum atomic E-state index is 14.2. The van der Waals surface area contributed by atoms with Gasteiger partial charge in [0.2, 0.25) is 11.8 Å². The van der Waals surface area contributed by atoms with Gasteiger partial charge in [0.15, 0.2) is 0 Å². The van der Waals surface area contributed by atoms with Crippen LogP contribution in [0.3, 0.4) is 0 Å². The Hall–Kier alpha value is -3.64. The van der Waals surface area contributed by atoms with Crippen LogP contribution in [0.4, 0.5) is 0 Å². The normalized spacial score (nSPS) is 11.7. The van der Waals surface area contributed by atoms with Gasteiger partial charge in [-0.2, -0.15) is 0 Å². The zero-order valence-corrected chi connectivity index (χ0v) is 19.6. The highest BCUT2D eigenvalue weighted by Gasteiger charge is 2.34. The second-order valence-electron chi connectivity index (χ2n) is 8.27. The molecule has 0 aliphatic rings. The third-order valence-electron chi connectivity index (χ3n) is 5.94. The smallest absolute Gasteiger partial charge is 0.240 e. The van der Waals surface area contributed by atoms with E-state index in [1.807, 2.05) is 84.9 Å². The molecule has 0 unspecified atom stereocenters. The van der Waals surface area contributed by atoms with Crippen LogP contribution in [-0.4, -0.2) is 36.4 Å². The third kappa shape index (κ3) is 6.45. The molecule has 3 aromatic carbocycles. The maximum absolute atomic E-state index is 14.2. The fourth-order valence-corrected chi connectivity index (χ4v) is 4.14. The number of carbonyl (C=O) groups excluding carboxylic acids is 2. The SMILES string of the molecule is COc1ccc(CN(C(=O)C(c2ccccc2)c2ccccc2)[C@H](CCCCN)C(N)=O)cc1. The Kier molecular flexibility index (Phi) is 9.23. The van der Waals surface area contributed by atoms with Gasteiger partial charge >= 0.3 is 0 Å². The number of ether oxygens (including phenoxy) is 1. The van der Waals surface area contributed by atoms with E-state index in [0.717, 1.165) is 28.9 Å². The van der Waals surface area contributed by atoms with E-state index < -0.39 is 17.9 Å². The second-order valence-corrected chi connectivity index (χ2v) is 8.27. The van der Waals surface area contributed by atoms with Crippen molar-refractivity contribution in [3.05, 3.63) is 102 Å². The molecule has 0 fully saturated rings. The number of hydrogen-bond donors (Lipinski definition) is 2. The highest BCUT2D eigenvalue weighted by Crippen LogP contribution is 2.29. The van der Waals surface area contributed by atoms with Crippen molar-refractivity contribution < 1.29 is 14.3 Å². The van der Waals surface area contributed by atoms with Gasteiger partial charge in [-0.05, 0) is 54.6 Å². The summed E-state index contributed by atoms with van der Waals surface area (Å²) in [5.74, 6) is -0.511. The molecule has 0 heterocycles. The van der Waals surface area contributed by atoms with Crippen molar-refractivity contribution in [1.82, 2.24) is 4.90 Å². The lowest BCUT2D eigenvalue weighted by Crippen LogP contribution is -2.49. The van der Waals surface area contributed by atoms with Gasteiger partial charge < -0.3 is 21.1 Å². The number of primary amides is 1. The fourth-order valence-electron chi connectivity index (χ4n) is 4.14. The molecule has 0 spiro atoms. The lowest BCUT2D eigenvalue weighted by Gasteiger charge is -2.33. The van der Waals surface area contributed by atoms with E-state index in [4.69, 9.17) is 16.2 Å². The largest absolute Gasteiger partial charge is 0.497 e. The topological polar surface area (TPSA) is 98.7 Å². The second kappa shape index (κ2) is 12.6. The van der Waals surface area contributed by atoms with E-state index in [1.54, 1.807) is 12.0 Å². The number of nitrogens with two attached hydrogens (primary N) is 2.